The number of aromatic nitrogens is 5. The lowest BCUT2D eigenvalue weighted by molar-refractivity contribution is -0.116. The lowest BCUT2D eigenvalue weighted by Crippen LogP contribution is -2.12. The summed E-state index contributed by atoms with van der Waals surface area (Å²) in [6, 6.07) is 5.39. The Morgan fingerprint density at radius 2 is 2.19 bits per heavy atom. The largest absolute Gasteiger partial charge is 0.339 e. The van der Waals surface area contributed by atoms with Crippen LogP contribution in [-0.2, 0) is 17.0 Å². The molecule has 2 aromatic heterocycles. The first-order valence-corrected chi connectivity index (χ1v) is 9.25. The molecule has 8 nitrogen and oxygen atoms in total. The van der Waals surface area contributed by atoms with Crippen LogP contribution in [0.5, 0.6) is 0 Å². The molecular formula is C16H17ClN6O2S. The number of hydrogen-bond donors (Lipinski definition) is 2. The maximum Gasteiger partial charge on any atom is 0.227 e. The summed E-state index contributed by atoms with van der Waals surface area (Å²) in [7, 11) is 0. The minimum Gasteiger partial charge on any atom is -0.339 e. The van der Waals surface area contributed by atoms with Gasteiger partial charge in [0.05, 0.1) is 5.75 Å². The van der Waals surface area contributed by atoms with E-state index in [-0.39, 0.29) is 12.3 Å². The molecule has 0 unspecified atom stereocenters. The van der Waals surface area contributed by atoms with E-state index in [4.69, 9.17) is 16.1 Å². The quantitative estimate of drug-likeness (QED) is 0.593. The topological polar surface area (TPSA) is 110 Å². The van der Waals surface area contributed by atoms with E-state index in [2.05, 4.69) is 30.6 Å². The predicted molar refractivity (Wildman–Crippen MR) is 98.1 cm³/mol. The molecule has 1 amide bonds. The van der Waals surface area contributed by atoms with Crippen molar-refractivity contribution in [3.8, 4) is 0 Å². The van der Waals surface area contributed by atoms with Crippen LogP contribution in [0.25, 0.3) is 0 Å². The Hall–Kier alpha value is -2.39. The lowest BCUT2D eigenvalue weighted by Gasteiger charge is -2.06. The molecule has 136 valence electrons. The van der Waals surface area contributed by atoms with E-state index >= 15 is 0 Å². The fourth-order valence-electron chi connectivity index (χ4n) is 2.08. The minimum absolute atomic E-state index is 0.143. The van der Waals surface area contributed by atoms with Gasteiger partial charge in [-0.25, -0.2) is 4.98 Å². The number of H-pyrrole nitrogens is 1. The molecule has 10 heteroatoms. The number of anilines is 1. The van der Waals surface area contributed by atoms with Crippen molar-refractivity contribution in [1.29, 1.82) is 0 Å². The average Bonchev–Trinajstić information content (AvgIpc) is 3.23. The first kappa shape index (κ1) is 18.4. The number of amides is 1. The molecule has 0 atom stereocenters. The van der Waals surface area contributed by atoms with Gasteiger partial charge >= 0.3 is 0 Å². The summed E-state index contributed by atoms with van der Waals surface area (Å²) >= 11 is 7.46. The number of rotatable bonds is 7. The predicted octanol–water partition coefficient (Wildman–Crippen LogP) is 3.32. The third-order valence-electron chi connectivity index (χ3n) is 3.44. The van der Waals surface area contributed by atoms with E-state index in [1.807, 2.05) is 26.0 Å². The molecule has 0 saturated carbocycles. The van der Waals surface area contributed by atoms with Gasteiger partial charge in [0, 0.05) is 23.6 Å². The Morgan fingerprint density at radius 3 is 2.92 bits per heavy atom. The van der Waals surface area contributed by atoms with Gasteiger partial charge in [-0.15, -0.1) is 5.10 Å². The number of carbonyl (C=O) groups excluding carboxylic acids is 1. The monoisotopic (exact) mass is 392 g/mol. The number of nitrogens with one attached hydrogen (secondary N) is 2. The van der Waals surface area contributed by atoms with Crippen molar-refractivity contribution in [1.82, 2.24) is 25.3 Å². The van der Waals surface area contributed by atoms with E-state index in [0.717, 1.165) is 11.4 Å². The summed E-state index contributed by atoms with van der Waals surface area (Å²) in [5, 5.41) is 14.7. The molecule has 0 aliphatic heterocycles. The number of benzene rings is 1. The van der Waals surface area contributed by atoms with Crippen LogP contribution in [0.15, 0.2) is 27.9 Å². The number of aryl methyl sites for hydroxylation is 3. The minimum atomic E-state index is -0.143. The number of hydrogen-bond acceptors (Lipinski definition) is 7. The molecule has 26 heavy (non-hydrogen) atoms. The standard InChI is InChI=1S/C16H17ClN6O2S/c1-9-3-4-11(7-12(9)17)19-14(24)5-6-15-20-13(23-25-15)8-26-16-18-10(2)21-22-16/h3-4,7H,5-6,8H2,1-2H3,(H,19,24)(H,18,21,22). The van der Waals surface area contributed by atoms with Gasteiger partial charge in [0.25, 0.3) is 0 Å². The highest BCUT2D eigenvalue weighted by atomic mass is 35.5. The van der Waals surface area contributed by atoms with Crippen LogP contribution in [0.2, 0.25) is 5.02 Å². The highest BCUT2D eigenvalue weighted by Gasteiger charge is 2.11. The van der Waals surface area contributed by atoms with E-state index in [1.54, 1.807) is 6.07 Å². The van der Waals surface area contributed by atoms with E-state index in [0.29, 0.717) is 39.8 Å². The van der Waals surface area contributed by atoms with Gasteiger partial charge in [-0.05, 0) is 31.5 Å². The van der Waals surface area contributed by atoms with Crippen LogP contribution < -0.4 is 5.32 Å². The molecule has 2 N–H and O–H groups in total. The van der Waals surface area contributed by atoms with Crippen molar-refractivity contribution in [2.45, 2.75) is 37.6 Å². The van der Waals surface area contributed by atoms with Gasteiger partial charge < -0.3 is 9.84 Å². The van der Waals surface area contributed by atoms with Crippen LogP contribution in [0.1, 0.15) is 29.5 Å². The van der Waals surface area contributed by atoms with Gasteiger partial charge in [0.2, 0.25) is 17.0 Å². The van der Waals surface area contributed by atoms with Gasteiger partial charge in [-0.2, -0.15) is 4.98 Å². The third-order valence-corrected chi connectivity index (χ3v) is 4.69. The number of halogens is 1. The summed E-state index contributed by atoms with van der Waals surface area (Å²) in [4.78, 5) is 20.5. The fraction of sp³-hybridized carbons (Fsp3) is 0.312. The molecule has 0 spiro atoms. The molecule has 1 aromatic carbocycles. The summed E-state index contributed by atoms with van der Waals surface area (Å²) in [6.07, 6.45) is 0.600. The van der Waals surface area contributed by atoms with Crippen molar-refractivity contribution >= 4 is 35.0 Å². The highest BCUT2D eigenvalue weighted by Crippen LogP contribution is 2.20. The van der Waals surface area contributed by atoms with Gasteiger partial charge in [-0.1, -0.05) is 34.6 Å². The maximum absolute atomic E-state index is 12.0. The molecule has 0 saturated heterocycles. The zero-order valence-corrected chi connectivity index (χ0v) is 15.8. The fourth-order valence-corrected chi connectivity index (χ4v) is 2.95. The second kappa shape index (κ2) is 8.33. The average molecular weight is 393 g/mol. The summed E-state index contributed by atoms with van der Waals surface area (Å²) in [6.45, 7) is 3.74. The van der Waals surface area contributed by atoms with Gasteiger partial charge in [0.15, 0.2) is 5.82 Å². The van der Waals surface area contributed by atoms with Crippen molar-refractivity contribution in [3.63, 3.8) is 0 Å². The Labute approximate surface area is 159 Å². The Bertz CT molecular complexity index is 910. The van der Waals surface area contributed by atoms with Crippen LogP contribution in [0.4, 0.5) is 5.69 Å². The van der Waals surface area contributed by atoms with Crippen molar-refractivity contribution in [2.75, 3.05) is 5.32 Å². The highest BCUT2D eigenvalue weighted by molar-refractivity contribution is 7.98. The maximum atomic E-state index is 12.0. The van der Waals surface area contributed by atoms with Crippen LogP contribution in [-0.4, -0.2) is 31.2 Å². The summed E-state index contributed by atoms with van der Waals surface area (Å²) in [5.74, 6) is 2.06. The molecule has 0 bridgehead atoms. The number of aromatic amines is 1. The van der Waals surface area contributed by atoms with E-state index in [9.17, 15) is 4.79 Å². The Kier molecular flexibility index (Phi) is 5.89. The van der Waals surface area contributed by atoms with Crippen molar-refractivity contribution in [2.24, 2.45) is 0 Å². The second-order valence-electron chi connectivity index (χ2n) is 5.61. The SMILES string of the molecule is Cc1nc(SCc2noc(CCC(=O)Nc3ccc(C)c(Cl)c3)n2)n[nH]1. The van der Waals surface area contributed by atoms with Crippen molar-refractivity contribution in [3.05, 3.63) is 46.3 Å². The molecule has 0 radical (unpaired) electrons. The second-order valence-corrected chi connectivity index (χ2v) is 6.96. The Balaban J connectivity index is 1.46. The molecule has 0 aliphatic rings. The van der Waals surface area contributed by atoms with E-state index < -0.39 is 0 Å². The van der Waals surface area contributed by atoms with Gasteiger partial charge in [-0.3, -0.25) is 9.89 Å². The molecule has 3 rings (SSSR count). The van der Waals surface area contributed by atoms with Crippen LogP contribution in [0, 0.1) is 13.8 Å². The normalized spacial score (nSPS) is 10.9. The first-order chi connectivity index (χ1) is 12.5. The Morgan fingerprint density at radius 1 is 1.35 bits per heavy atom. The van der Waals surface area contributed by atoms with Crippen molar-refractivity contribution < 1.29 is 9.32 Å². The molecule has 2 heterocycles. The zero-order chi connectivity index (χ0) is 18.5. The number of carbonyl (C=O) groups is 1. The lowest BCUT2D eigenvalue weighted by atomic mass is 10.2. The van der Waals surface area contributed by atoms with Crippen LogP contribution >= 0.6 is 23.4 Å². The molecule has 0 aliphatic carbocycles. The zero-order valence-electron chi connectivity index (χ0n) is 14.2. The number of thioether (sulfide) groups is 1. The molecular weight excluding hydrogens is 376 g/mol. The molecule has 3 aromatic rings. The smallest absolute Gasteiger partial charge is 0.227 e. The summed E-state index contributed by atoms with van der Waals surface area (Å²) in [5.41, 5.74) is 1.62. The first-order valence-electron chi connectivity index (χ1n) is 7.89. The van der Waals surface area contributed by atoms with Gasteiger partial charge in [0.1, 0.15) is 5.82 Å². The van der Waals surface area contributed by atoms with E-state index in [1.165, 1.54) is 11.8 Å². The molecule has 0 fully saturated rings. The third kappa shape index (κ3) is 5.06. The number of nitrogens with zero attached hydrogens (tertiary/aromatic N) is 4. The van der Waals surface area contributed by atoms with Crippen LogP contribution in [0.3, 0.4) is 0 Å². The summed E-state index contributed by atoms with van der Waals surface area (Å²) < 4.78 is 5.17.